The van der Waals surface area contributed by atoms with Crippen molar-refractivity contribution in [3.63, 3.8) is 0 Å². The van der Waals surface area contributed by atoms with Crippen LogP contribution in [0.15, 0.2) is 11.4 Å². The van der Waals surface area contributed by atoms with Crippen molar-refractivity contribution in [2.24, 2.45) is 11.3 Å². The Balaban J connectivity index is 1.72. The van der Waals surface area contributed by atoms with Gasteiger partial charge in [-0.3, -0.25) is 0 Å². The quantitative estimate of drug-likeness (QED) is 0.840. The Morgan fingerprint density at radius 1 is 1.32 bits per heavy atom. The van der Waals surface area contributed by atoms with Crippen molar-refractivity contribution in [2.45, 2.75) is 64.8 Å². The third-order valence-electron chi connectivity index (χ3n) is 4.96. The zero-order valence-corrected chi connectivity index (χ0v) is 13.4. The summed E-state index contributed by atoms with van der Waals surface area (Å²) in [6.45, 7) is 8.37. The Bertz CT molecular complexity index is 428. The van der Waals surface area contributed by atoms with Gasteiger partial charge >= 0.3 is 0 Å². The molecular weight excluding hydrogens is 250 g/mol. The molecule has 19 heavy (non-hydrogen) atoms. The molecule has 1 nitrogen and oxygen atoms in total. The minimum atomic E-state index is 0.524. The first-order chi connectivity index (χ1) is 9.03. The summed E-state index contributed by atoms with van der Waals surface area (Å²) in [4.78, 5) is 1.47. The van der Waals surface area contributed by atoms with Crippen LogP contribution in [0.25, 0.3) is 0 Å². The fourth-order valence-corrected chi connectivity index (χ4v) is 4.31. The van der Waals surface area contributed by atoms with Crippen LogP contribution in [0.2, 0.25) is 0 Å². The average molecular weight is 277 g/mol. The normalized spacial score (nSPS) is 30.5. The second kappa shape index (κ2) is 5.21. The van der Waals surface area contributed by atoms with Crippen molar-refractivity contribution >= 4 is 11.3 Å². The van der Waals surface area contributed by atoms with Crippen LogP contribution in [0.3, 0.4) is 0 Å². The maximum absolute atomic E-state index is 3.76. The highest BCUT2D eigenvalue weighted by Gasteiger charge is 2.36. The van der Waals surface area contributed by atoms with E-state index in [4.69, 9.17) is 0 Å². The molecule has 0 spiro atoms. The summed E-state index contributed by atoms with van der Waals surface area (Å²) in [5, 5.41) is 6.17. The van der Waals surface area contributed by atoms with Crippen LogP contribution in [0.4, 0.5) is 0 Å². The molecule has 3 rings (SSSR count). The summed E-state index contributed by atoms with van der Waals surface area (Å²) in [6, 6.07) is 3.28. The van der Waals surface area contributed by atoms with E-state index in [9.17, 15) is 0 Å². The molecule has 0 aromatic carbocycles. The van der Waals surface area contributed by atoms with Crippen molar-refractivity contribution in [1.29, 1.82) is 0 Å². The minimum Gasteiger partial charge on any atom is -0.314 e. The molecule has 2 saturated carbocycles. The summed E-state index contributed by atoms with van der Waals surface area (Å²) in [7, 11) is 0. The van der Waals surface area contributed by atoms with Gasteiger partial charge in [-0.2, -0.15) is 0 Å². The molecule has 1 heterocycles. The highest BCUT2D eigenvalue weighted by atomic mass is 32.1. The lowest BCUT2D eigenvalue weighted by Crippen LogP contribution is -2.35. The van der Waals surface area contributed by atoms with Gasteiger partial charge in [0.2, 0.25) is 0 Å². The SMILES string of the molecule is Cc1cc(C2CC(C)(C)CCC2CNC2CC2)cs1. The van der Waals surface area contributed by atoms with Gasteiger partial charge < -0.3 is 5.32 Å². The Morgan fingerprint density at radius 3 is 2.74 bits per heavy atom. The van der Waals surface area contributed by atoms with E-state index in [1.165, 1.54) is 43.5 Å². The Morgan fingerprint density at radius 2 is 2.11 bits per heavy atom. The molecule has 2 heteroatoms. The van der Waals surface area contributed by atoms with E-state index in [0.29, 0.717) is 5.41 Å². The zero-order chi connectivity index (χ0) is 13.5. The standard InChI is InChI=1S/C17H27NS/c1-12-8-14(11-19-12)16-9-17(2,3)7-6-13(16)10-18-15-4-5-15/h8,11,13,15-16,18H,4-7,9-10H2,1-3H3. The second-order valence-corrected chi connectivity index (χ2v) is 8.56. The minimum absolute atomic E-state index is 0.524. The molecule has 2 fully saturated rings. The largest absolute Gasteiger partial charge is 0.314 e. The summed E-state index contributed by atoms with van der Waals surface area (Å²) in [6.07, 6.45) is 6.96. The molecule has 0 aliphatic heterocycles. The Kier molecular flexibility index (Phi) is 3.74. The second-order valence-electron chi connectivity index (χ2n) is 7.45. The molecule has 1 N–H and O–H groups in total. The number of rotatable bonds is 4. The topological polar surface area (TPSA) is 12.0 Å². The molecule has 0 bridgehead atoms. The molecule has 2 atom stereocenters. The van der Waals surface area contributed by atoms with Crippen molar-refractivity contribution in [2.75, 3.05) is 6.54 Å². The Hall–Kier alpha value is -0.340. The lowest BCUT2D eigenvalue weighted by Gasteiger charge is -2.41. The maximum atomic E-state index is 3.76. The number of thiophene rings is 1. The first kappa shape index (κ1) is 13.6. The van der Waals surface area contributed by atoms with Crippen LogP contribution in [0.5, 0.6) is 0 Å². The Labute approximate surface area is 121 Å². The van der Waals surface area contributed by atoms with Crippen molar-refractivity contribution in [3.8, 4) is 0 Å². The van der Waals surface area contributed by atoms with Crippen LogP contribution in [0, 0.1) is 18.3 Å². The monoisotopic (exact) mass is 277 g/mol. The zero-order valence-electron chi connectivity index (χ0n) is 12.5. The fourth-order valence-electron chi connectivity index (χ4n) is 3.54. The van der Waals surface area contributed by atoms with Crippen LogP contribution >= 0.6 is 11.3 Å². The summed E-state index contributed by atoms with van der Waals surface area (Å²) < 4.78 is 0. The van der Waals surface area contributed by atoms with Gasteiger partial charge in [-0.05, 0) is 79.8 Å². The predicted octanol–water partition coefficient (Wildman–Crippen LogP) is 4.72. The number of aryl methyl sites for hydroxylation is 1. The lowest BCUT2D eigenvalue weighted by atomic mass is 9.65. The molecule has 1 aromatic rings. The number of hydrogen-bond donors (Lipinski definition) is 1. The molecule has 0 amide bonds. The van der Waals surface area contributed by atoms with E-state index in [-0.39, 0.29) is 0 Å². The number of hydrogen-bond acceptors (Lipinski definition) is 2. The smallest absolute Gasteiger partial charge is 0.00683 e. The van der Waals surface area contributed by atoms with Crippen LogP contribution in [0.1, 0.15) is 62.3 Å². The van der Waals surface area contributed by atoms with Gasteiger partial charge in [0.15, 0.2) is 0 Å². The summed E-state index contributed by atoms with van der Waals surface area (Å²) >= 11 is 1.92. The van der Waals surface area contributed by atoms with Gasteiger partial charge in [0.25, 0.3) is 0 Å². The average Bonchev–Trinajstić information content (AvgIpc) is 3.08. The summed E-state index contributed by atoms with van der Waals surface area (Å²) in [5.41, 5.74) is 2.13. The molecule has 106 valence electrons. The van der Waals surface area contributed by atoms with Gasteiger partial charge in [-0.15, -0.1) is 11.3 Å². The molecule has 0 saturated heterocycles. The first-order valence-corrected chi connectivity index (χ1v) is 8.70. The third-order valence-corrected chi connectivity index (χ3v) is 5.84. The first-order valence-electron chi connectivity index (χ1n) is 7.82. The van der Waals surface area contributed by atoms with E-state index in [0.717, 1.165) is 17.9 Å². The van der Waals surface area contributed by atoms with E-state index in [2.05, 4.69) is 37.5 Å². The lowest BCUT2D eigenvalue weighted by molar-refractivity contribution is 0.159. The highest BCUT2D eigenvalue weighted by Crippen LogP contribution is 2.47. The molecule has 2 unspecified atom stereocenters. The van der Waals surface area contributed by atoms with Gasteiger partial charge in [0, 0.05) is 10.9 Å². The molecule has 2 aliphatic rings. The predicted molar refractivity (Wildman–Crippen MR) is 83.9 cm³/mol. The molecule has 1 aromatic heterocycles. The van der Waals surface area contributed by atoms with Crippen LogP contribution < -0.4 is 5.32 Å². The van der Waals surface area contributed by atoms with E-state index in [1.54, 1.807) is 5.56 Å². The summed E-state index contributed by atoms with van der Waals surface area (Å²) in [5.74, 6) is 1.63. The van der Waals surface area contributed by atoms with E-state index in [1.807, 2.05) is 11.3 Å². The van der Waals surface area contributed by atoms with Gasteiger partial charge in [-0.25, -0.2) is 0 Å². The third kappa shape index (κ3) is 3.41. The molecule has 2 aliphatic carbocycles. The number of nitrogens with one attached hydrogen (secondary N) is 1. The molecule has 0 radical (unpaired) electrons. The van der Waals surface area contributed by atoms with Crippen LogP contribution in [-0.4, -0.2) is 12.6 Å². The highest BCUT2D eigenvalue weighted by molar-refractivity contribution is 7.10. The fraction of sp³-hybridized carbons (Fsp3) is 0.765. The van der Waals surface area contributed by atoms with Crippen LogP contribution in [-0.2, 0) is 0 Å². The van der Waals surface area contributed by atoms with Gasteiger partial charge in [0.05, 0.1) is 0 Å². The van der Waals surface area contributed by atoms with E-state index >= 15 is 0 Å². The van der Waals surface area contributed by atoms with Crippen molar-refractivity contribution in [3.05, 3.63) is 21.9 Å². The maximum Gasteiger partial charge on any atom is 0.00683 e. The molecular formula is C17H27NS. The van der Waals surface area contributed by atoms with Crippen molar-refractivity contribution in [1.82, 2.24) is 5.32 Å². The van der Waals surface area contributed by atoms with Crippen molar-refractivity contribution < 1.29 is 0 Å². The van der Waals surface area contributed by atoms with Gasteiger partial charge in [0.1, 0.15) is 0 Å². The van der Waals surface area contributed by atoms with E-state index < -0.39 is 0 Å². The van der Waals surface area contributed by atoms with Gasteiger partial charge in [-0.1, -0.05) is 13.8 Å².